The second-order valence-corrected chi connectivity index (χ2v) is 5.67. The topological polar surface area (TPSA) is 39.1 Å². The van der Waals surface area contributed by atoms with Gasteiger partial charge >= 0.3 is 0 Å². The molecule has 0 saturated heterocycles. The molecule has 2 aromatic rings. The summed E-state index contributed by atoms with van der Waals surface area (Å²) in [7, 11) is 1.69. The highest BCUT2D eigenvalue weighted by molar-refractivity contribution is 14.1. The van der Waals surface area contributed by atoms with Crippen LogP contribution in [0.2, 0.25) is 5.02 Å². The predicted octanol–water partition coefficient (Wildman–Crippen LogP) is 2.87. The predicted molar refractivity (Wildman–Crippen MR) is 84.9 cm³/mol. The van der Waals surface area contributed by atoms with Gasteiger partial charge in [0.15, 0.2) is 0 Å². The summed E-state index contributed by atoms with van der Waals surface area (Å²) in [5.74, 6) is 0. The molecule has 1 aromatic heterocycles. The number of halogens is 2. The molecule has 0 fully saturated rings. The van der Waals surface area contributed by atoms with Gasteiger partial charge in [-0.2, -0.15) is 5.10 Å². The summed E-state index contributed by atoms with van der Waals surface area (Å²) < 4.78 is 7.88. The van der Waals surface area contributed by atoms with Gasteiger partial charge in [0, 0.05) is 30.0 Å². The first-order valence-corrected chi connectivity index (χ1v) is 7.36. The Morgan fingerprint density at radius 2 is 2.26 bits per heavy atom. The van der Waals surface area contributed by atoms with Crippen LogP contribution < -0.4 is 5.32 Å². The smallest absolute Gasteiger partial charge is 0.0832 e. The molecule has 1 N–H and O–H groups in total. The van der Waals surface area contributed by atoms with Crippen molar-refractivity contribution in [2.75, 3.05) is 20.3 Å². The lowest BCUT2D eigenvalue weighted by Gasteiger charge is -2.05. The number of nitrogens with zero attached hydrogens (tertiary/aromatic N) is 2. The Hall–Kier alpha value is -0.630. The van der Waals surface area contributed by atoms with Crippen molar-refractivity contribution in [3.63, 3.8) is 0 Å². The van der Waals surface area contributed by atoms with Crippen LogP contribution in [-0.2, 0) is 11.3 Å². The van der Waals surface area contributed by atoms with Crippen molar-refractivity contribution < 1.29 is 4.74 Å². The molecule has 0 unspecified atom stereocenters. The number of aromatic nitrogens is 2. The SMILES string of the molecule is COCCNCc1ccn(-c2ccc(I)cc2Cl)n1. The van der Waals surface area contributed by atoms with Crippen LogP contribution in [0.25, 0.3) is 5.69 Å². The van der Waals surface area contributed by atoms with Crippen LogP contribution in [0.15, 0.2) is 30.5 Å². The molecule has 19 heavy (non-hydrogen) atoms. The Kier molecular flexibility index (Phi) is 5.62. The molecule has 0 aliphatic heterocycles. The van der Waals surface area contributed by atoms with E-state index in [0.717, 1.165) is 28.0 Å². The van der Waals surface area contributed by atoms with Gasteiger partial charge < -0.3 is 10.1 Å². The molecule has 0 spiro atoms. The number of methoxy groups -OCH3 is 1. The Balaban J connectivity index is 2.04. The Bertz CT molecular complexity index is 544. The standard InChI is InChI=1S/C13H15ClIN3O/c1-19-7-5-16-9-11-4-6-18(17-11)13-3-2-10(15)8-12(13)14/h2-4,6,8,16H,5,7,9H2,1H3. The van der Waals surface area contributed by atoms with Crippen molar-refractivity contribution in [2.24, 2.45) is 0 Å². The summed E-state index contributed by atoms with van der Waals surface area (Å²) in [6.45, 7) is 2.23. The molecule has 0 aliphatic rings. The van der Waals surface area contributed by atoms with Crippen LogP contribution in [0.3, 0.4) is 0 Å². The van der Waals surface area contributed by atoms with Gasteiger partial charge in [-0.25, -0.2) is 4.68 Å². The van der Waals surface area contributed by atoms with Gasteiger partial charge in [0.05, 0.1) is 23.0 Å². The van der Waals surface area contributed by atoms with Crippen molar-refractivity contribution in [3.05, 3.63) is 44.7 Å². The van der Waals surface area contributed by atoms with Crippen LogP contribution in [0.1, 0.15) is 5.69 Å². The van der Waals surface area contributed by atoms with Gasteiger partial charge in [0.2, 0.25) is 0 Å². The monoisotopic (exact) mass is 391 g/mol. The minimum atomic E-state index is 0.698. The van der Waals surface area contributed by atoms with Crippen LogP contribution >= 0.6 is 34.2 Å². The van der Waals surface area contributed by atoms with Gasteiger partial charge in [-0.3, -0.25) is 0 Å². The molecule has 6 heteroatoms. The summed E-state index contributed by atoms with van der Waals surface area (Å²) in [6, 6.07) is 7.89. The fourth-order valence-electron chi connectivity index (χ4n) is 1.65. The lowest BCUT2D eigenvalue weighted by atomic mass is 10.3. The first-order chi connectivity index (χ1) is 9.20. The maximum atomic E-state index is 6.22. The molecule has 0 amide bonds. The van der Waals surface area contributed by atoms with E-state index < -0.39 is 0 Å². The highest BCUT2D eigenvalue weighted by Gasteiger charge is 2.05. The minimum Gasteiger partial charge on any atom is -0.383 e. The molecule has 1 heterocycles. The van der Waals surface area contributed by atoms with E-state index in [1.807, 2.05) is 30.5 Å². The molecule has 4 nitrogen and oxygen atoms in total. The van der Waals surface area contributed by atoms with E-state index in [0.29, 0.717) is 11.6 Å². The highest BCUT2D eigenvalue weighted by atomic mass is 127. The third-order valence-electron chi connectivity index (χ3n) is 2.59. The fraction of sp³-hybridized carbons (Fsp3) is 0.308. The molecular weight excluding hydrogens is 377 g/mol. The molecule has 0 radical (unpaired) electrons. The van der Waals surface area contributed by atoms with E-state index in [9.17, 15) is 0 Å². The maximum Gasteiger partial charge on any atom is 0.0832 e. The average Bonchev–Trinajstić information content (AvgIpc) is 2.83. The summed E-state index contributed by atoms with van der Waals surface area (Å²) in [4.78, 5) is 0. The molecular formula is C13H15ClIN3O. The molecule has 102 valence electrons. The second-order valence-electron chi connectivity index (χ2n) is 4.02. The molecule has 0 bridgehead atoms. The minimum absolute atomic E-state index is 0.698. The maximum absolute atomic E-state index is 6.22. The van der Waals surface area contributed by atoms with E-state index in [4.69, 9.17) is 16.3 Å². The third-order valence-corrected chi connectivity index (χ3v) is 3.56. The van der Waals surface area contributed by atoms with Crippen LogP contribution in [0.4, 0.5) is 0 Å². The van der Waals surface area contributed by atoms with Crippen molar-refractivity contribution in [3.8, 4) is 5.69 Å². The average molecular weight is 392 g/mol. The van der Waals surface area contributed by atoms with Gasteiger partial charge in [-0.15, -0.1) is 0 Å². The Morgan fingerprint density at radius 1 is 1.42 bits per heavy atom. The number of nitrogens with one attached hydrogen (secondary N) is 1. The van der Waals surface area contributed by atoms with Crippen molar-refractivity contribution >= 4 is 34.2 Å². The van der Waals surface area contributed by atoms with E-state index in [2.05, 4.69) is 33.0 Å². The molecule has 0 aliphatic carbocycles. The first-order valence-electron chi connectivity index (χ1n) is 5.90. The van der Waals surface area contributed by atoms with Gasteiger partial charge in [-0.05, 0) is 46.9 Å². The number of ether oxygens (including phenoxy) is 1. The van der Waals surface area contributed by atoms with Crippen LogP contribution in [0, 0.1) is 3.57 Å². The van der Waals surface area contributed by atoms with Crippen molar-refractivity contribution in [2.45, 2.75) is 6.54 Å². The summed E-state index contributed by atoms with van der Waals surface area (Å²) >= 11 is 8.46. The zero-order valence-electron chi connectivity index (χ0n) is 10.6. The summed E-state index contributed by atoms with van der Waals surface area (Å²) in [5, 5.41) is 8.45. The van der Waals surface area contributed by atoms with Gasteiger partial charge in [0.1, 0.15) is 0 Å². The first kappa shape index (κ1) is 14.8. The molecule has 0 atom stereocenters. The second kappa shape index (κ2) is 7.23. The van der Waals surface area contributed by atoms with Crippen molar-refractivity contribution in [1.29, 1.82) is 0 Å². The third kappa shape index (κ3) is 4.17. The molecule has 1 aromatic carbocycles. The highest BCUT2D eigenvalue weighted by Crippen LogP contribution is 2.22. The van der Waals surface area contributed by atoms with E-state index >= 15 is 0 Å². The van der Waals surface area contributed by atoms with E-state index in [-0.39, 0.29) is 0 Å². The normalized spacial score (nSPS) is 10.9. The van der Waals surface area contributed by atoms with Crippen LogP contribution in [-0.4, -0.2) is 30.0 Å². The Morgan fingerprint density at radius 3 is 3.00 bits per heavy atom. The van der Waals surface area contributed by atoms with E-state index in [1.165, 1.54) is 0 Å². The van der Waals surface area contributed by atoms with Crippen molar-refractivity contribution in [1.82, 2.24) is 15.1 Å². The lowest BCUT2D eigenvalue weighted by Crippen LogP contribution is -2.18. The largest absolute Gasteiger partial charge is 0.383 e. The Labute approximate surface area is 131 Å². The summed E-state index contributed by atoms with van der Waals surface area (Å²) in [5.41, 5.74) is 1.87. The fourth-order valence-corrected chi connectivity index (χ4v) is 2.59. The van der Waals surface area contributed by atoms with Crippen LogP contribution in [0.5, 0.6) is 0 Å². The zero-order valence-corrected chi connectivity index (χ0v) is 13.5. The number of rotatable bonds is 6. The lowest BCUT2D eigenvalue weighted by molar-refractivity contribution is 0.199. The van der Waals surface area contributed by atoms with Gasteiger partial charge in [-0.1, -0.05) is 11.6 Å². The van der Waals surface area contributed by atoms with Gasteiger partial charge in [0.25, 0.3) is 0 Å². The zero-order chi connectivity index (χ0) is 13.7. The quantitative estimate of drug-likeness (QED) is 0.608. The molecule has 0 saturated carbocycles. The number of benzene rings is 1. The number of hydrogen-bond donors (Lipinski definition) is 1. The summed E-state index contributed by atoms with van der Waals surface area (Å²) in [6.07, 6.45) is 1.92. The molecule has 2 rings (SSSR count). The van der Waals surface area contributed by atoms with E-state index in [1.54, 1.807) is 11.8 Å². The number of hydrogen-bond acceptors (Lipinski definition) is 3.